The highest BCUT2D eigenvalue weighted by Crippen LogP contribution is 2.32. The summed E-state index contributed by atoms with van der Waals surface area (Å²) in [6, 6.07) is 9.73. The molecule has 20 heavy (non-hydrogen) atoms. The molecule has 2 rings (SSSR count). The van der Waals surface area contributed by atoms with Gasteiger partial charge in [-0.25, -0.2) is 4.39 Å². The molecule has 2 aromatic rings. The minimum absolute atomic E-state index is 0.303. The van der Waals surface area contributed by atoms with Gasteiger partial charge in [0.1, 0.15) is 5.82 Å². The number of hydrogen-bond acceptors (Lipinski definition) is 2. The van der Waals surface area contributed by atoms with Crippen molar-refractivity contribution in [3.63, 3.8) is 0 Å². The van der Waals surface area contributed by atoms with Crippen molar-refractivity contribution < 1.29 is 4.39 Å². The standard InChI is InChI=1S/C14H12BrCl2FN2/c15-9-5-4-8(12(18)7-9)6-13(20-19)14-10(16)2-1-3-11(14)17/h1-5,7,13,20H,6,19H2. The molecule has 0 fully saturated rings. The van der Waals surface area contributed by atoms with Crippen LogP contribution in [0.15, 0.2) is 40.9 Å². The Bertz CT molecular complexity index is 602. The number of nitrogens with one attached hydrogen (secondary N) is 1. The van der Waals surface area contributed by atoms with Crippen molar-refractivity contribution in [3.8, 4) is 0 Å². The molecule has 0 spiro atoms. The first-order valence-electron chi connectivity index (χ1n) is 5.87. The van der Waals surface area contributed by atoms with Crippen LogP contribution in [0.4, 0.5) is 4.39 Å². The number of halogens is 4. The summed E-state index contributed by atoms with van der Waals surface area (Å²) in [5.74, 6) is 5.27. The molecular weight excluding hydrogens is 366 g/mol. The molecule has 0 aliphatic heterocycles. The smallest absolute Gasteiger partial charge is 0.127 e. The fourth-order valence-corrected chi connectivity index (χ4v) is 2.99. The third-order valence-electron chi connectivity index (χ3n) is 2.99. The van der Waals surface area contributed by atoms with E-state index in [1.807, 2.05) is 0 Å². The fourth-order valence-electron chi connectivity index (χ4n) is 2.00. The Balaban J connectivity index is 2.34. The van der Waals surface area contributed by atoms with E-state index in [4.69, 9.17) is 29.0 Å². The first-order valence-corrected chi connectivity index (χ1v) is 7.41. The quantitative estimate of drug-likeness (QED) is 0.601. The van der Waals surface area contributed by atoms with E-state index in [0.29, 0.717) is 32.1 Å². The average Bonchev–Trinajstić information content (AvgIpc) is 2.39. The summed E-state index contributed by atoms with van der Waals surface area (Å²) in [5, 5.41) is 0.996. The molecule has 1 unspecified atom stereocenters. The zero-order valence-corrected chi connectivity index (χ0v) is 13.4. The molecule has 0 aromatic heterocycles. The van der Waals surface area contributed by atoms with Gasteiger partial charge in [-0.2, -0.15) is 0 Å². The summed E-state index contributed by atoms with van der Waals surface area (Å²) in [7, 11) is 0. The summed E-state index contributed by atoms with van der Waals surface area (Å²) in [6.45, 7) is 0. The van der Waals surface area contributed by atoms with E-state index < -0.39 is 0 Å². The predicted octanol–water partition coefficient (Wildman–Crippen LogP) is 4.64. The summed E-state index contributed by atoms with van der Waals surface area (Å²) in [5.41, 5.74) is 3.84. The Labute approximate surface area is 135 Å². The van der Waals surface area contributed by atoms with E-state index in [-0.39, 0.29) is 11.9 Å². The molecule has 3 N–H and O–H groups in total. The van der Waals surface area contributed by atoms with Crippen molar-refractivity contribution >= 4 is 39.1 Å². The van der Waals surface area contributed by atoms with Crippen LogP contribution in [0.5, 0.6) is 0 Å². The molecule has 0 saturated carbocycles. The van der Waals surface area contributed by atoms with Gasteiger partial charge in [0, 0.05) is 20.1 Å². The molecule has 0 aliphatic carbocycles. The van der Waals surface area contributed by atoms with Crippen molar-refractivity contribution in [1.29, 1.82) is 0 Å². The topological polar surface area (TPSA) is 38.0 Å². The molecule has 0 aliphatic rings. The highest BCUT2D eigenvalue weighted by atomic mass is 79.9. The van der Waals surface area contributed by atoms with Gasteiger partial charge in [0.25, 0.3) is 0 Å². The molecule has 106 valence electrons. The lowest BCUT2D eigenvalue weighted by Crippen LogP contribution is -2.30. The average molecular weight is 378 g/mol. The van der Waals surface area contributed by atoms with Gasteiger partial charge >= 0.3 is 0 Å². The minimum Gasteiger partial charge on any atom is -0.271 e. The second-order valence-electron chi connectivity index (χ2n) is 4.29. The highest BCUT2D eigenvalue weighted by Gasteiger charge is 2.19. The van der Waals surface area contributed by atoms with Gasteiger partial charge in [-0.3, -0.25) is 11.3 Å². The molecule has 6 heteroatoms. The van der Waals surface area contributed by atoms with Gasteiger partial charge < -0.3 is 0 Å². The normalized spacial score (nSPS) is 12.4. The molecule has 0 bridgehead atoms. The number of hydrazine groups is 1. The maximum atomic E-state index is 13.9. The van der Waals surface area contributed by atoms with E-state index in [2.05, 4.69) is 21.4 Å². The van der Waals surface area contributed by atoms with Gasteiger partial charge in [-0.15, -0.1) is 0 Å². The van der Waals surface area contributed by atoms with Crippen molar-refractivity contribution in [3.05, 3.63) is 67.9 Å². The van der Waals surface area contributed by atoms with Crippen molar-refractivity contribution in [2.24, 2.45) is 5.84 Å². The Morgan fingerprint density at radius 3 is 2.40 bits per heavy atom. The molecule has 0 heterocycles. The third kappa shape index (κ3) is 3.51. The zero-order valence-electron chi connectivity index (χ0n) is 10.3. The van der Waals surface area contributed by atoms with Crippen LogP contribution in [0.3, 0.4) is 0 Å². The van der Waals surface area contributed by atoms with E-state index in [1.54, 1.807) is 30.3 Å². The van der Waals surface area contributed by atoms with Crippen molar-refractivity contribution in [1.82, 2.24) is 5.43 Å². The number of nitrogens with two attached hydrogens (primary N) is 1. The van der Waals surface area contributed by atoms with Crippen LogP contribution in [0, 0.1) is 5.82 Å². The molecule has 2 nitrogen and oxygen atoms in total. The van der Waals surface area contributed by atoms with Crippen LogP contribution < -0.4 is 11.3 Å². The Morgan fingerprint density at radius 2 is 1.85 bits per heavy atom. The molecule has 2 aromatic carbocycles. The van der Waals surface area contributed by atoms with Crippen molar-refractivity contribution in [2.45, 2.75) is 12.5 Å². The van der Waals surface area contributed by atoms with Gasteiger partial charge in [-0.1, -0.05) is 51.3 Å². The summed E-state index contributed by atoms with van der Waals surface area (Å²) in [4.78, 5) is 0. The summed E-state index contributed by atoms with van der Waals surface area (Å²) >= 11 is 15.5. The summed E-state index contributed by atoms with van der Waals surface area (Å²) in [6.07, 6.45) is 0.346. The van der Waals surface area contributed by atoms with Crippen LogP contribution in [0.1, 0.15) is 17.2 Å². The van der Waals surface area contributed by atoms with Crippen LogP contribution in [0.2, 0.25) is 10.0 Å². The molecule has 0 radical (unpaired) electrons. The Kier molecular flexibility index (Phi) is 5.41. The number of rotatable bonds is 4. The number of hydrogen-bond donors (Lipinski definition) is 2. The van der Waals surface area contributed by atoms with Crippen LogP contribution in [0.25, 0.3) is 0 Å². The molecular formula is C14H12BrCl2FN2. The first kappa shape index (κ1) is 15.7. The lowest BCUT2D eigenvalue weighted by Gasteiger charge is -2.19. The number of benzene rings is 2. The molecule has 0 saturated heterocycles. The lowest BCUT2D eigenvalue weighted by molar-refractivity contribution is 0.529. The van der Waals surface area contributed by atoms with E-state index >= 15 is 0 Å². The molecule has 1 atom stereocenters. The minimum atomic E-state index is -0.369. The van der Waals surface area contributed by atoms with Crippen molar-refractivity contribution in [2.75, 3.05) is 0 Å². The van der Waals surface area contributed by atoms with Crippen LogP contribution in [-0.2, 0) is 6.42 Å². The zero-order chi connectivity index (χ0) is 14.7. The van der Waals surface area contributed by atoms with Gasteiger partial charge in [0.05, 0.1) is 6.04 Å². The highest BCUT2D eigenvalue weighted by molar-refractivity contribution is 9.10. The van der Waals surface area contributed by atoms with Crippen LogP contribution >= 0.6 is 39.1 Å². The summed E-state index contributed by atoms with van der Waals surface area (Å²) < 4.78 is 14.6. The second kappa shape index (κ2) is 6.87. The second-order valence-corrected chi connectivity index (χ2v) is 6.02. The van der Waals surface area contributed by atoms with E-state index in [0.717, 1.165) is 0 Å². The van der Waals surface area contributed by atoms with E-state index in [1.165, 1.54) is 6.07 Å². The van der Waals surface area contributed by atoms with Crippen LogP contribution in [-0.4, -0.2) is 0 Å². The lowest BCUT2D eigenvalue weighted by atomic mass is 9.99. The SMILES string of the molecule is NNC(Cc1ccc(Br)cc1F)c1c(Cl)cccc1Cl. The largest absolute Gasteiger partial charge is 0.271 e. The fraction of sp³-hybridized carbons (Fsp3) is 0.143. The Morgan fingerprint density at radius 1 is 1.20 bits per heavy atom. The molecule has 0 amide bonds. The van der Waals surface area contributed by atoms with Gasteiger partial charge in [-0.05, 0) is 36.2 Å². The Hall–Kier alpha value is -0.650. The van der Waals surface area contributed by atoms with E-state index in [9.17, 15) is 4.39 Å². The maximum absolute atomic E-state index is 13.9. The van der Waals surface area contributed by atoms with Gasteiger partial charge in [0.2, 0.25) is 0 Å². The monoisotopic (exact) mass is 376 g/mol. The van der Waals surface area contributed by atoms with Gasteiger partial charge in [0.15, 0.2) is 0 Å². The third-order valence-corrected chi connectivity index (χ3v) is 4.14. The first-order chi connectivity index (χ1) is 9.52. The predicted molar refractivity (Wildman–Crippen MR) is 84.3 cm³/mol. The maximum Gasteiger partial charge on any atom is 0.127 e.